The smallest absolute Gasteiger partial charge is 0.309 e. The fraction of sp³-hybridized carbons (Fsp3) is 0.938. The molecule has 3 rings (SSSR count). The first-order valence-corrected chi connectivity index (χ1v) is 8.34. The summed E-state index contributed by atoms with van der Waals surface area (Å²) < 4.78 is 10.6. The van der Waals surface area contributed by atoms with Gasteiger partial charge in [0, 0.05) is 18.6 Å². The summed E-state index contributed by atoms with van der Waals surface area (Å²) >= 11 is 0. The number of hydrogen-bond donors (Lipinski definition) is 2. The number of nitrogens with one attached hydrogen (secondary N) is 1. The van der Waals surface area contributed by atoms with Crippen LogP contribution in [0.5, 0.6) is 0 Å². The van der Waals surface area contributed by atoms with Gasteiger partial charge in [-0.3, -0.25) is 10.1 Å². The van der Waals surface area contributed by atoms with Crippen molar-refractivity contribution in [3.05, 3.63) is 0 Å². The molecule has 0 spiro atoms. The molecule has 0 aromatic carbocycles. The maximum absolute atomic E-state index is 11.9. The molecule has 3 fully saturated rings. The summed E-state index contributed by atoms with van der Waals surface area (Å²) in [6, 6.07) is 0.291. The van der Waals surface area contributed by atoms with E-state index in [4.69, 9.17) is 9.47 Å². The third-order valence-electron chi connectivity index (χ3n) is 5.70. The Labute approximate surface area is 126 Å². The van der Waals surface area contributed by atoms with E-state index in [1.165, 1.54) is 6.42 Å². The van der Waals surface area contributed by atoms with Gasteiger partial charge < -0.3 is 14.6 Å². The number of rotatable bonds is 4. The van der Waals surface area contributed by atoms with Gasteiger partial charge in [-0.2, -0.15) is 0 Å². The topological polar surface area (TPSA) is 67.8 Å². The van der Waals surface area contributed by atoms with Crippen molar-refractivity contribution in [3.63, 3.8) is 0 Å². The molecular weight excluding hydrogens is 270 g/mol. The van der Waals surface area contributed by atoms with Crippen molar-refractivity contribution in [2.24, 2.45) is 23.7 Å². The molecule has 2 aliphatic carbocycles. The number of carbonyl (C=O) groups excluding carboxylic acids is 1. The summed E-state index contributed by atoms with van der Waals surface area (Å²) in [4.78, 5) is 11.9. The fourth-order valence-electron chi connectivity index (χ4n) is 4.65. The fourth-order valence-corrected chi connectivity index (χ4v) is 4.65. The second-order valence-electron chi connectivity index (χ2n) is 6.89. The molecule has 1 saturated heterocycles. The molecule has 0 amide bonds. The zero-order valence-electron chi connectivity index (χ0n) is 13.0. The summed E-state index contributed by atoms with van der Waals surface area (Å²) in [7, 11) is 0. The second-order valence-corrected chi connectivity index (χ2v) is 6.89. The number of fused-ring (bicyclic) bond motifs is 2. The molecule has 3 aliphatic rings. The molecular formula is C16H27NO4. The lowest BCUT2D eigenvalue weighted by Gasteiger charge is -2.43. The zero-order chi connectivity index (χ0) is 15.0. The molecule has 1 heterocycles. The van der Waals surface area contributed by atoms with Crippen LogP contribution in [0.15, 0.2) is 0 Å². The Morgan fingerprint density at radius 3 is 2.90 bits per heavy atom. The first-order valence-electron chi connectivity index (χ1n) is 8.34. The van der Waals surface area contributed by atoms with Gasteiger partial charge in [-0.25, -0.2) is 0 Å². The molecule has 0 bridgehead atoms. The standard InChI is InChI=1S/C16H27NO4/c1-3-20-16(19)17-12-5-4-10-7-13-9(2)21-15(18)14(13)8-11(10)6-12/h9-14,16-17,19H,3-8H2,1-2H3/t9-,10-,11+,12-,13-,14+,16?/m0/s1. The number of cyclic esters (lactones) is 1. The van der Waals surface area contributed by atoms with E-state index in [0.29, 0.717) is 30.4 Å². The minimum absolute atomic E-state index is 0.00961. The molecule has 1 aliphatic heterocycles. The van der Waals surface area contributed by atoms with Crippen LogP contribution in [0.2, 0.25) is 0 Å². The van der Waals surface area contributed by atoms with Gasteiger partial charge in [-0.1, -0.05) is 0 Å². The Hall–Kier alpha value is -0.650. The first kappa shape index (κ1) is 15.3. The van der Waals surface area contributed by atoms with Gasteiger partial charge in [0.05, 0.1) is 5.92 Å². The number of aliphatic hydroxyl groups is 1. The van der Waals surface area contributed by atoms with E-state index in [1.54, 1.807) is 0 Å². The molecule has 5 heteroatoms. The van der Waals surface area contributed by atoms with E-state index in [9.17, 15) is 9.90 Å². The van der Waals surface area contributed by atoms with Gasteiger partial charge >= 0.3 is 5.97 Å². The lowest BCUT2D eigenvalue weighted by molar-refractivity contribution is -0.144. The Kier molecular flexibility index (Phi) is 4.52. The molecule has 7 atom stereocenters. The molecule has 2 N–H and O–H groups in total. The molecule has 120 valence electrons. The second kappa shape index (κ2) is 6.23. The first-order chi connectivity index (χ1) is 10.1. The highest BCUT2D eigenvalue weighted by Crippen LogP contribution is 2.49. The van der Waals surface area contributed by atoms with E-state index >= 15 is 0 Å². The lowest BCUT2D eigenvalue weighted by Crippen LogP contribution is -2.46. The summed E-state index contributed by atoms with van der Waals surface area (Å²) in [6.45, 7) is 4.41. The van der Waals surface area contributed by atoms with Crippen LogP contribution < -0.4 is 5.32 Å². The maximum Gasteiger partial charge on any atom is 0.309 e. The van der Waals surface area contributed by atoms with Crippen LogP contribution in [0.1, 0.15) is 46.0 Å². The third kappa shape index (κ3) is 3.10. The minimum atomic E-state index is -0.871. The van der Waals surface area contributed by atoms with Crippen molar-refractivity contribution in [2.45, 2.75) is 64.5 Å². The predicted octanol–water partition coefficient (Wildman–Crippen LogP) is 1.64. The Balaban J connectivity index is 1.58. The van der Waals surface area contributed by atoms with E-state index in [1.807, 2.05) is 13.8 Å². The van der Waals surface area contributed by atoms with E-state index in [-0.39, 0.29) is 18.0 Å². The van der Waals surface area contributed by atoms with Gasteiger partial charge in [-0.05, 0) is 57.8 Å². The number of hydrogen-bond acceptors (Lipinski definition) is 5. The van der Waals surface area contributed by atoms with Crippen molar-refractivity contribution in [1.82, 2.24) is 5.32 Å². The molecule has 0 aromatic heterocycles. The lowest BCUT2D eigenvalue weighted by atomic mass is 9.62. The van der Waals surface area contributed by atoms with Crippen molar-refractivity contribution in [1.29, 1.82) is 0 Å². The summed E-state index contributed by atoms with van der Waals surface area (Å²) in [6.07, 6.45) is 4.59. The van der Waals surface area contributed by atoms with Crippen molar-refractivity contribution in [2.75, 3.05) is 6.61 Å². The number of aliphatic hydroxyl groups excluding tert-OH is 1. The van der Waals surface area contributed by atoms with Gasteiger partial charge in [0.2, 0.25) is 6.41 Å². The average molecular weight is 297 g/mol. The predicted molar refractivity (Wildman–Crippen MR) is 77.2 cm³/mol. The Morgan fingerprint density at radius 2 is 2.14 bits per heavy atom. The van der Waals surface area contributed by atoms with Crippen molar-refractivity contribution < 1.29 is 19.4 Å². The van der Waals surface area contributed by atoms with Crippen molar-refractivity contribution in [3.8, 4) is 0 Å². The maximum atomic E-state index is 11.9. The minimum Gasteiger partial charge on any atom is -0.462 e. The summed E-state index contributed by atoms with van der Waals surface area (Å²) in [5.41, 5.74) is 0. The van der Waals surface area contributed by atoms with E-state index < -0.39 is 6.41 Å². The summed E-state index contributed by atoms with van der Waals surface area (Å²) in [5, 5.41) is 12.9. The van der Waals surface area contributed by atoms with E-state index in [0.717, 1.165) is 25.7 Å². The molecule has 21 heavy (non-hydrogen) atoms. The van der Waals surface area contributed by atoms with Gasteiger partial charge in [0.15, 0.2) is 0 Å². The van der Waals surface area contributed by atoms with Crippen LogP contribution in [0, 0.1) is 23.7 Å². The SMILES string of the molecule is CCOC(O)N[C@H]1CC[C@H]2C[C@H]3[C@H](C)OC(=O)[C@@H]3C[C@H]2C1. The van der Waals surface area contributed by atoms with Gasteiger partial charge in [0.25, 0.3) is 0 Å². The van der Waals surface area contributed by atoms with Crippen LogP contribution >= 0.6 is 0 Å². The zero-order valence-corrected chi connectivity index (χ0v) is 13.0. The van der Waals surface area contributed by atoms with Crippen LogP contribution in [-0.4, -0.2) is 36.2 Å². The number of esters is 1. The normalized spacial score (nSPS) is 43.9. The molecule has 0 radical (unpaired) electrons. The van der Waals surface area contributed by atoms with Crippen LogP contribution in [0.3, 0.4) is 0 Å². The molecule has 0 aromatic rings. The molecule has 5 nitrogen and oxygen atoms in total. The monoisotopic (exact) mass is 297 g/mol. The Bertz CT molecular complexity index is 388. The third-order valence-corrected chi connectivity index (χ3v) is 5.70. The highest BCUT2D eigenvalue weighted by atomic mass is 16.6. The average Bonchev–Trinajstić information content (AvgIpc) is 2.71. The van der Waals surface area contributed by atoms with Gasteiger partial charge in [0.1, 0.15) is 6.10 Å². The largest absolute Gasteiger partial charge is 0.462 e. The molecule has 1 unspecified atom stereocenters. The van der Waals surface area contributed by atoms with E-state index in [2.05, 4.69) is 5.32 Å². The van der Waals surface area contributed by atoms with Crippen LogP contribution in [0.25, 0.3) is 0 Å². The molecule has 2 saturated carbocycles. The highest BCUT2D eigenvalue weighted by Gasteiger charge is 2.50. The number of carbonyl (C=O) groups is 1. The van der Waals surface area contributed by atoms with Crippen LogP contribution in [-0.2, 0) is 14.3 Å². The quantitative estimate of drug-likeness (QED) is 0.610. The Morgan fingerprint density at radius 1 is 1.33 bits per heavy atom. The van der Waals surface area contributed by atoms with Crippen LogP contribution in [0.4, 0.5) is 0 Å². The van der Waals surface area contributed by atoms with Crippen molar-refractivity contribution >= 4 is 5.97 Å². The number of ether oxygens (including phenoxy) is 2. The summed E-state index contributed by atoms with van der Waals surface area (Å²) in [5.74, 6) is 1.83. The highest BCUT2D eigenvalue weighted by molar-refractivity contribution is 5.75. The van der Waals surface area contributed by atoms with Gasteiger partial charge in [-0.15, -0.1) is 0 Å².